The van der Waals surface area contributed by atoms with Crippen molar-refractivity contribution in [2.45, 2.75) is 51.9 Å². The van der Waals surface area contributed by atoms with Crippen LogP contribution in [0.1, 0.15) is 67.2 Å². The van der Waals surface area contributed by atoms with E-state index < -0.39 is 0 Å². The molecule has 1 aliphatic carbocycles. The van der Waals surface area contributed by atoms with E-state index in [0.717, 1.165) is 23.0 Å². The van der Waals surface area contributed by atoms with Crippen molar-refractivity contribution in [3.63, 3.8) is 0 Å². The molecule has 0 radical (unpaired) electrons. The highest BCUT2D eigenvalue weighted by atomic mass is 15.2. The van der Waals surface area contributed by atoms with Gasteiger partial charge in [-0.3, -0.25) is 0 Å². The van der Waals surface area contributed by atoms with Gasteiger partial charge in [-0.15, -0.1) is 0 Å². The molecule has 2 aromatic rings. The van der Waals surface area contributed by atoms with Gasteiger partial charge in [0.1, 0.15) is 0 Å². The lowest BCUT2D eigenvalue weighted by atomic mass is 9.78. The van der Waals surface area contributed by atoms with Gasteiger partial charge in [-0.2, -0.15) is 10.2 Å². The molecule has 2 aromatic carbocycles. The second-order valence-electron chi connectivity index (χ2n) is 7.19. The van der Waals surface area contributed by atoms with Crippen LogP contribution in [-0.2, 0) is 0 Å². The molecule has 130 valence electrons. The van der Waals surface area contributed by atoms with Gasteiger partial charge in [0.15, 0.2) is 0 Å². The maximum atomic E-state index is 4.17. The molecule has 0 amide bonds. The molecule has 1 fully saturated rings. The highest BCUT2D eigenvalue weighted by Crippen LogP contribution is 2.36. The SMILES string of the molecule is CC[C@H]1CC[C@H](c2ccc(C=NN=Cc3ccc(C)cc3)cc2)CC1. The van der Waals surface area contributed by atoms with E-state index in [2.05, 4.69) is 72.6 Å². The Morgan fingerprint density at radius 3 is 1.84 bits per heavy atom. The Kier molecular flexibility index (Phi) is 6.16. The van der Waals surface area contributed by atoms with Gasteiger partial charge < -0.3 is 0 Å². The van der Waals surface area contributed by atoms with Crippen LogP contribution in [0.2, 0.25) is 0 Å². The lowest BCUT2D eigenvalue weighted by molar-refractivity contribution is 0.319. The van der Waals surface area contributed by atoms with Crippen LogP contribution in [0, 0.1) is 12.8 Å². The van der Waals surface area contributed by atoms with Gasteiger partial charge in [-0.1, -0.05) is 67.4 Å². The van der Waals surface area contributed by atoms with Gasteiger partial charge in [0.05, 0.1) is 12.4 Å². The van der Waals surface area contributed by atoms with E-state index in [1.54, 1.807) is 6.21 Å². The molecule has 0 spiro atoms. The second kappa shape index (κ2) is 8.75. The average molecular weight is 332 g/mol. The molecule has 0 heterocycles. The van der Waals surface area contributed by atoms with Gasteiger partial charge in [0.2, 0.25) is 0 Å². The first-order chi connectivity index (χ1) is 12.2. The standard InChI is InChI=1S/C23H28N2/c1-3-19-8-12-22(13-9-19)23-14-10-21(11-15-23)17-25-24-16-20-6-4-18(2)5-7-20/h4-7,10-11,14-17,19,22H,3,8-9,12-13H2,1-2H3/t19-,22-. The molecule has 2 nitrogen and oxygen atoms in total. The number of benzene rings is 2. The number of hydrogen-bond acceptors (Lipinski definition) is 2. The summed E-state index contributed by atoms with van der Waals surface area (Å²) in [5, 5.41) is 8.31. The number of aryl methyl sites for hydroxylation is 1. The Hall–Kier alpha value is -2.22. The zero-order valence-corrected chi connectivity index (χ0v) is 15.4. The fourth-order valence-corrected chi connectivity index (χ4v) is 3.61. The molecular weight excluding hydrogens is 304 g/mol. The summed E-state index contributed by atoms with van der Waals surface area (Å²) in [6.45, 7) is 4.40. The molecule has 0 N–H and O–H groups in total. The molecule has 1 saturated carbocycles. The van der Waals surface area contributed by atoms with Crippen molar-refractivity contribution >= 4 is 12.4 Å². The van der Waals surface area contributed by atoms with Crippen LogP contribution in [-0.4, -0.2) is 12.4 Å². The minimum atomic E-state index is 0.744. The predicted molar refractivity (Wildman–Crippen MR) is 108 cm³/mol. The molecule has 2 heteroatoms. The summed E-state index contributed by atoms with van der Waals surface area (Å²) < 4.78 is 0. The average Bonchev–Trinajstić information content (AvgIpc) is 2.67. The smallest absolute Gasteiger partial charge is 0.0568 e. The van der Waals surface area contributed by atoms with Crippen molar-refractivity contribution < 1.29 is 0 Å². The Bertz CT molecular complexity index is 703. The Morgan fingerprint density at radius 1 is 0.800 bits per heavy atom. The van der Waals surface area contributed by atoms with Crippen molar-refractivity contribution in [3.05, 3.63) is 70.8 Å². The lowest BCUT2D eigenvalue weighted by Crippen LogP contribution is -2.12. The van der Waals surface area contributed by atoms with Crippen molar-refractivity contribution in [2.24, 2.45) is 16.1 Å². The van der Waals surface area contributed by atoms with E-state index >= 15 is 0 Å². The predicted octanol–water partition coefficient (Wildman–Crippen LogP) is 6.13. The first kappa shape index (κ1) is 17.6. The molecule has 25 heavy (non-hydrogen) atoms. The van der Waals surface area contributed by atoms with Gasteiger partial charge >= 0.3 is 0 Å². The maximum absolute atomic E-state index is 4.17. The van der Waals surface area contributed by atoms with Gasteiger partial charge in [-0.05, 0) is 61.1 Å². The minimum absolute atomic E-state index is 0.744. The summed E-state index contributed by atoms with van der Waals surface area (Å²) in [5.74, 6) is 1.70. The summed E-state index contributed by atoms with van der Waals surface area (Å²) in [7, 11) is 0. The molecule has 0 atom stereocenters. The largest absolute Gasteiger partial charge is 0.159 e. The van der Waals surface area contributed by atoms with E-state index in [1.165, 1.54) is 43.2 Å². The van der Waals surface area contributed by atoms with E-state index in [0.29, 0.717) is 0 Å². The van der Waals surface area contributed by atoms with E-state index in [9.17, 15) is 0 Å². The first-order valence-electron chi connectivity index (χ1n) is 9.47. The van der Waals surface area contributed by atoms with Crippen molar-refractivity contribution in [3.8, 4) is 0 Å². The molecule has 0 aromatic heterocycles. The summed E-state index contributed by atoms with van der Waals surface area (Å²) in [6.07, 6.45) is 10.4. The fraction of sp³-hybridized carbons (Fsp3) is 0.391. The van der Waals surface area contributed by atoms with E-state index in [4.69, 9.17) is 0 Å². The van der Waals surface area contributed by atoms with E-state index in [1.807, 2.05) is 6.21 Å². The Morgan fingerprint density at radius 2 is 1.32 bits per heavy atom. The summed E-state index contributed by atoms with van der Waals surface area (Å²) in [6, 6.07) is 17.1. The minimum Gasteiger partial charge on any atom is -0.159 e. The highest BCUT2D eigenvalue weighted by molar-refractivity contribution is 5.82. The molecule has 0 saturated heterocycles. The zero-order valence-electron chi connectivity index (χ0n) is 15.4. The first-order valence-corrected chi connectivity index (χ1v) is 9.47. The van der Waals surface area contributed by atoms with Gasteiger partial charge in [0.25, 0.3) is 0 Å². The fourth-order valence-electron chi connectivity index (χ4n) is 3.61. The molecule has 0 aliphatic heterocycles. The van der Waals surface area contributed by atoms with Crippen LogP contribution in [0.15, 0.2) is 58.7 Å². The third-order valence-electron chi connectivity index (χ3n) is 5.39. The number of rotatable bonds is 5. The third-order valence-corrected chi connectivity index (χ3v) is 5.39. The van der Waals surface area contributed by atoms with Gasteiger partial charge in [0, 0.05) is 0 Å². The Balaban J connectivity index is 1.54. The normalized spacial score (nSPS) is 21.2. The number of hydrogen-bond donors (Lipinski definition) is 0. The van der Waals surface area contributed by atoms with Crippen LogP contribution < -0.4 is 0 Å². The second-order valence-corrected chi connectivity index (χ2v) is 7.19. The topological polar surface area (TPSA) is 24.7 Å². The lowest BCUT2D eigenvalue weighted by Gasteiger charge is -2.28. The molecule has 1 aliphatic rings. The Labute approximate surface area is 151 Å². The van der Waals surface area contributed by atoms with Crippen LogP contribution in [0.25, 0.3) is 0 Å². The molecule has 3 rings (SSSR count). The van der Waals surface area contributed by atoms with Crippen LogP contribution in [0.5, 0.6) is 0 Å². The van der Waals surface area contributed by atoms with Crippen molar-refractivity contribution in [2.75, 3.05) is 0 Å². The molecular formula is C23H28N2. The summed E-state index contributed by atoms with van der Waals surface area (Å²) in [4.78, 5) is 0. The molecule has 0 unspecified atom stereocenters. The van der Waals surface area contributed by atoms with Crippen molar-refractivity contribution in [1.29, 1.82) is 0 Å². The van der Waals surface area contributed by atoms with Crippen molar-refractivity contribution in [1.82, 2.24) is 0 Å². The highest BCUT2D eigenvalue weighted by Gasteiger charge is 2.20. The quantitative estimate of drug-likeness (QED) is 0.464. The third kappa shape index (κ3) is 5.12. The van der Waals surface area contributed by atoms with Gasteiger partial charge in [-0.25, -0.2) is 0 Å². The van der Waals surface area contributed by atoms with E-state index in [-0.39, 0.29) is 0 Å². The zero-order chi connectivity index (χ0) is 17.5. The van der Waals surface area contributed by atoms with Crippen LogP contribution in [0.4, 0.5) is 0 Å². The maximum Gasteiger partial charge on any atom is 0.0568 e. The monoisotopic (exact) mass is 332 g/mol. The van der Waals surface area contributed by atoms with Crippen LogP contribution in [0.3, 0.4) is 0 Å². The molecule has 0 bridgehead atoms. The summed E-state index contributed by atoms with van der Waals surface area (Å²) in [5.41, 5.74) is 4.91. The summed E-state index contributed by atoms with van der Waals surface area (Å²) >= 11 is 0. The van der Waals surface area contributed by atoms with Crippen LogP contribution >= 0.6 is 0 Å². The number of nitrogens with zero attached hydrogens (tertiary/aromatic N) is 2.